The predicted octanol–water partition coefficient (Wildman–Crippen LogP) is 1.97. The van der Waals surface area contributed by atoms with E-state index in [-0.39, 0.29) is 0 Å². The van der Waals surface area contributed by atoms with E-state index in [0.717, 1.165) is 49.5 Å². The monoisotopic (exact) mass is 333 g/mol. The van der Waals surface area contributed by atoms with E-state index < -0.39 is 0 Å². The molecule has 23 heavy (non-hydrogen) atoms. The number of imidazole rings is 1. The van der Waals surface area contributed by atoms with Crippen LogP contribution in [-0.2, 0) is 11.3 Å². The van der Waals surface area contributed by atoms with E-state index in [9.17, 15) is 0 Å². The lowest BCUT2D eigenvalue weighted by Gasteiger charge is -2.24. The van der Waals surface area contributed by atoms with Gasteiger partial charge in [0, 0.05) is 49.4 Å². The van der Waals surface area contributed by atoms with Gasteiger partial charge in [-0.2, -0.15) is 0 Å². The van der Waals surface area contributed by atoms with Crippen molar-refractivity contribution in [3.8, 4) is 0 Å². The summed E-state index contributed by atoms with van der Waals surface area (Å²) in [6, 6.07) is 0. The molecule has 4 heterocycles. The van der Waals surface area contributed by atoms with Crippen molar-refractivity contribution in [3.05, 3.63) is 23.5 Å². The minimum atomic E-state index is 0.354. The highest BCUT2D eigenvalue weighted by Gasteiger charge is 2.42. The van der Waals surface area contributed by atoms with E-state index in [0.29, 0.717) is 12.0 Å². The minimum Gasteiger partial charge on any atom is -0.381 e. The minimum absolute atomic E-state index is 0.354. The van der Waals surface area contributed by atoms with Crippen LogP contribution in [0.1, 0.15) is 25.5 Å². The molecule has 0 saturated carbocycles. The number of hydrogen-bond acceptors (Lipinski definition) is 4. The maximum atomic E-state index is 5.63. The Bertz CT molecular complexity index is 672. The zero-order valence-corrected chi connectivity index (χ0v) is 14.3. The predicted molar refractivity (Wildman–Crippen MR) is 91.9 cm³/mol. The van der Waals surface area contributed by atoms with Crippen molar-refractivity contribution in [2.75, 3.05) is 32.8 Å². The second-order valence-electron chi connectivity index (χ2n) is 6.47. The number of likely N-dealkylation sites (tertiary alicyclic amines) is 1. The highest BCUT2D eigenvalue weighted by molar-refractivity contribution is 7.15. The number of rotatable bonds is 3. The Morgan fingerprint density at radius 1 is 1.52 bits per heavy atom. The summed E-state index contributed by atoms with van der Waals surface area (Å²) in [6.45, 7) is 7.55. The topological polar surface area (TPSA) is 54.2 Å². The Labute approximate surface area is 140 Å². The average molecular weight is 333 g/mol. The molecule has 2 aromatic heterocycles. The zero-order chi connectivity index (χ0) is 15.7. The summed E-state index contributed by atoms with van der Waals surface area (Å²) in [5.41, 5.74) is 1.37. The van der Waals surface area contributed by atoms with Crippen LogP contribution in [0, 0.1) is 5.41 Å². The average Bonchev–Trinajstić information content (AvgIpc) is 3.29. The van der Waals surface area contributed by atoms with Crippen LogP contribution in [0.25, 0.3) is 4.96 Å². The molecule has 4 rings (SSSR count). The summed E-state index contributed by atoms with van der Waals surface area (Å²) in [4.78, 5) is 12.8. The molecule has 1 unspecified atom stereocenters. The van der Waals surface area contributed by atoms with Gasteiger partial charge in [0.25, 0.3) is 0 Å². The van der Waals surface area contributed by atoms with Crippen molar-refractivity contribution in [3.63, 3.8) is 0 Å². The van der Waals surface area contributed by atoms with Gasteiger partial charge in [0.05, 0.1) is 18.8 Å². The third-order valence-corrected chi connectivity index (χ3v) is 5.56. The number of aliphatic imine (C=N–C) groups is 1. The number of thiazole rings is 1. The van der Waals surface area contributed by atoms with Gasteiger partial charge in [-0.25, -0.2) is 9.98 Å². The second-order valence-corrected chi connectivity index (χ2v) is 7.34. The molecule has 1 atom stereocenters. The van der Waals surface area contributed by atoms with Gasteiger partial charge in [-0.1, -0.05) is 0 Å². The van der Waals surface area contributed by atoms with Crippen LogP contribution in [0.2, 0.25) is 0 Å². The van der Waals surface area contributed by atoms with Gasteiger partial charge in [-0.3, -0.25) is 4.40 Å². The maximum absolute atomic E-state index is 5.63. The highest BCUT2D eigenvalue weighted by Crippen LogP contribution is 2.38. The van der Waals surface area contributed by atoms with E-state index in [2.05, 4.69) is 32.7 Å². The Morgan fingerprint density at radius 2 is 2.48 bits per heavy atom. The molecule has 0 amide bonds. The Kier molecular flexibility index (Phi) is 3.98. The molecule has 2 aliphatic heterocycles. The lowest BCUT2D eigenvalue weighted by molar-refractivity contribution is 0.156. The molecule has 0 radical (unpaired) electrons. The molecule has 1 spiro atoms. The van der Waals surface area contributed by atoms with Crippen LogP contribution in [0.5, 0.6) is 0 Å². The molecular formula is C16H23N5OS. The van der Waals surface area contributed by atoms with E-state index in [4.69, 9.17) is 9.73 Å². The fraction of sp³-hybridized carbons (Fsp3) is 0.625. The molecule has 0 aliphatic carbocycles. The molecule has 0 aromatic carbocycles. The van der Waals surface area contributed by atoms with Crippen LogP contribution < -0.4 is 5.32 Å². The number of guanidine groups is 1. The van der Waals surface area contributed by atoms with Gasteiger partial charge >= 0.3 is 0 Å². The molecule has 1 N–H and O–H groups in total. The molecule has 6 nitrogen and oxygen atoms in total. The summed E-state index contributed by atoms with van der Waals surface area (Å²) < 4.78 is 7.68. The van der Waals surface area contributed by atoms with Gasteiger partial charge in [0.1, 0.15) is 0 Å². The van der Waals surface area contributed by atoms with Gasteiger partial charge in [-0.15, -0.1) is 11.3 Å². The molecular weight excluding hydrogens is 310 g/mol. The SMILES string of the molecule is CCNC(=NCc1cn2ccsc2n1)N1CCC2(CCOC2)C1. The fourth-order valence-corrected chi connectivity index (χ4v) is 4.24. The summed E-state index contributed by atoms with van der Waals surface area (Å²) >= 11 is 1.65. The Balaban J connectivity index is 1.47. The Hall–Kier alpha value is -1.60. The first-order valence-electron chi connectivity index (χ1n) is 8.30. The largest absolute Gasteiger partial charge is 0.381 e. The quantitative estimate of drug-likeness (QED) is 0.689. The van der Waals surface area contributed by atoms with Crippen LogP contribution in [0.3, 0.4) is 0 Å². The molecule has 2 saturated heterocycles. The number of ether oxygens (including phenoxy) is 1. The number of fused-ring (bicyclic) bond motifs is 1. The third kappa shape index (κ3) is 2.95. The third-order valence-electron chi connectivity index (χ3n) is 4.79. The highest BCUT2D eigenvalue weighted by atomic mass is 32.1. The van der Waals surface area contributed by atoms with Gasteiger partial charge in [0.2, 0.25) is 0 Å². The standard InChI is InChI=1S/C16H23N5OS/c1-2-17-14(21-5-3-16(11-21)4-7-22-12-16)18-9-13-10-20-6-8-23-15(20)19-13/h6,8,10H,2-5,7,9,11-12H2,1H3,(H,17,18). The first-order valence-corrected chi connectivity index (χ1v) is 9.18. The van der Waals surface area contributed by atoms with Crippen LogP contribution >= 0.6 is 11.3 Å². The summed E-state index contributed by atoms with van der Waals surface area (Å²) in [6.07, 6.45) is 6.49. The first-order chi connectivity index (χ1) is 11.3. The van der Waals surface area contributed by atoms with Gasteiger partial charge in [-0.05, 0) is 19.8 Å². The molecule has 0 bridgehead atoms. The van der Waals surface area contributed by atoms with E-state index in [1.165, 1.54) is 12.8 Å². The van der Waals surface area contributed by atoms with Crippen LogP contribution in [0.15, 0.2) is 22.8 Å². The van der Waals surface area contributed by atoms with Crippen molar-refractivity contribution >= 4 is 22.3 Å². The number of aromatic nitrogens is 2. The number of nitrogens with zero attached hydrogens (tertiary/aromatic N) is 4. The fourth-order valence-electron chi connectivity index (χ4n) is 3.52. The Morgan fingerprint density at radius 3 is 3.26 bits per heavy atom. The van der Waals surface area contributed by atoms with Crippen molar-refractivity contribution in [1.82, 2.24) is 19.6 Å². The molecule has 7 heteroatoms. The van der Waals surface area contributed by atoms with Crippen molar-refractivity contribution < 1.29 is 4.74 Å². The van der Waals surface area contributed by atoms with Crippen molar-refractivity contribution in [2.45, 2.75) is 26.3 Å². The number of hydrogen-bond donors (Lipinski definition) is 1. The second kappa shape index (κ2) is 6.13. The summed E-state index contributed by atoms with van der Waals surface area (Å²) in [5, 5.41) is 5.48. The van der Waals surface area contributed by atoms with Gasteiger partial charge in [0.15, 0.2) is 10.9 Å². The van der Waals surface area contributed by atoms with E-state index >= 15 is 0 Å². The lowest BCUT2D eigenvalue weighted by atomic mass is 9.87. The summed E-state index contributed by atoms with van der Waals surface area (Å²) in [7, 11) is 0. The van der Waals surface area contributed by atoms with E-state index in [1.54, 1.807) is 11.3 Å². The van der Waals surface area contributed by atoms with Crippen LogP contribution in [-0.4, -0.2) is 53.1 Å². The number of nitrogens with one attached hydrogen (secondary N) is 1. The van der Waals surface area contributed by atoms with Crippen LogP contribution in [0.4, 0.5) is 0 Å². The van der Waals surface area contributed by atoms with Gasteiger partial charge < -0.3 is 15.0 Å². The van der Waals surface area contributed by atoms with Crippen molar-refractivity contribution in [1.29, 1.82) is 0 Å². The molecule has 2 fully saturated rings. The normalized spacial score (nSPS) is 25.1. The maximum Gasteiger partial charge on any atom is 0.194 e. The molecule has 2 aromatic rings. The molecule has 124 valence electrons. The van der Waals surface area contributed by atoms with Crippen molar-refractivity contribution in [2.24, 2.45) is 10.4 Å². The van der Waals surface area contributed by atoms with E-state index in [1.807, 2.05) is 11.6 Å². The molecule has 2 aliphatic rings. The zero-order valence-electron chi connectivity index (χ0n) is 13.5. The first kappa shape index (κ1) is 15.0. The summed E-state index contributed by atoms with van der Waals surface area (Å²) in [5.74, 6) is 1.01. The lowest BCUT2D eigenvalue weighted by Crippen LogP contribution is -2.41. The smallest absolute Gasteiger partial charge is 0.194 e.